The number of amides is 2. The molecule has 3 aliphatic heterocycles. The average molecular weight is 338 g/mol. The van der Waals surface area contributed by atoms with E-state index in [0.29, 0.717) is 31.6 Å². The van der Waals surface area contributed by atoms with E-state index in [9.17, 15) is 9.59 Å². The quantitative estimate of drug-likeness (QED) is 0.896. The minimum absolute atomic E-state index is 0.0565. The number of benzene rings is 1. The Bertz CT molecular complexity index is 822. The smallest absolute Gasteiger partial charge is 0.257 e. The van der Waals surface area contributed by atoms with Gasteiger partial charge in [0.05, 0.1) is 36.9 Å². The molecule has 3 saturated heterocycles. The van der Waals surface area contributed by atoms with Crippen LogP contribution in [0.25, 0.3) is 0 Å². The van der Waals surface area contributed by atoms with Gasteiger partial charge in [0.1, 0.15) is 0 Å². The lowest BCUT2D eigenvalue weighted by molar-refractivity contribution is -0.138. The second-order valence-corrected chi connectivity index (χ2v) is 6.80. The summed E-state index contributed by atoms with van der Waals surface area (Å²) in [5, 5.41) is 6.52. The molecule has 3 atom stereocenters. The molecular formula is C18H18N4O3. The minimum Gasteiger partial charge on any atom is -0.351 e. The van der Waals surface area contributed by atoms with Crippen molar-refractivity contribution in [2.75, 3.05) is 13.2 Å². The molecule has 0 bridgehead atoms. The van der Waals surface area contributed by atoms with Gasteiger partial charge in [-0.2, -0.15) is 5.10 Å². The number of likely N-dealkylation sites (tertiary alicyclic amines) is 1. The fourth-order valence-corrected chi connectivity index (χ4v) is 4.54. The van der Waals surface area contributed by atoms with E-state index >= 15 is 0 Å². The number of ether oxygens (including phenoxy) is 1. The molecule has 1 N–H and O–H groups in total. The van der Waals surface area contributed by atoms with Gasteiger partial charge in [0, 0.05) is 19.2 Å². The van der Waals surface area contributed by atoms with Gasteiger partial charge in [-0.3, -0.25) is 14.7 Å². The summed E-state index contributed by atoms with van der Waals surface area (Å²) in [6.07, 6.45) is 4.07. The first-order valence-electron chi connectivity index (χ1n) is 8.51. The lowest BCUT2D eigenvalue weighted by atomic mass is 10.0. The summed E-state index contributed by atoms with van der Waals surface area (Å²) in [6.45, 7) is 1.06. The van der Waals surface area contributed by atoms with Gasteiger partial charge >= 0.3 is 0 Å². The lowest BCUT2D eigenvalue weighted by Crippen LogP contribution is -2.49. The van der Waals surface area contributed by atoms with Crippen molar-refractivity contribution < 1.29 is 14.3 Å². The highest BCUT2D eigenvalue weighted by atomic mass is 16.5. The Hall–Kier alpha value is -2.67. The first kappa shape index (κ1) is 14.7. The summed E-state index contributed by atoms with van der Waals surface area (Å²) in [5.74, 6) is -0.0434. The highest BCUT2D eigenvalue weighted by Crippen LogP contribution is 2.51. The number of carbonyl (C=O) groups is 2. The van der Waals surface area contributed by atoms with Crippen molar-refractivity contribution in [2.45, 2.75) is 30.7 Å². The van der Waals surface area contributed by atoms with Gasteiger partial charge in [-0.05, 0) is 5.56 Å². The number of nitrogens with one attached hydrogen (secondary N) is 1. The van der Waals surface area contributed by atoms with Crippen molar-refractivity contribution in [3.05, 3.63) is 53.9 Å². The fourth-order valence-electron chi connectivity index (χ4n) is 4.54. The third-order valence-electron chi connectivity index (χ3n) is 5.65. The Morgan fingerprint density at radius 2 is 2.16 bits per heavy atom. The van der Waals surface area contributed by atoms with Crippen LogP contribution in [-0.4, -0.2) is 56.7 Å². The largest absolute Gasteiger partial charge is 0.351 e. The molecular weight excluding hydrogens is 320 g/mol. The van der Waals surface area contributed by atoms with Crippen LogP contribution < -0.4 is 0 Å². The topological polar surface area (TPSA) is 78.5 Å². The van der Waals surface area contributed by atoms with Crippen molar-refractivity contribution >= 4 is 11.8 Å². The molecule has 0 saturated carbocycles. The number of hydrogen-bond acceptors (Lipinski definition) is 4. The van der Waals surface area contributed by atoms with Gasteiger partial charge in [-0.25, -0.2) is 0 Å². The normalized spacial score (nSPS) is 30.6. The summed E-state index contributed by atoms with van der Waals surface area (Å²) in [6, 6.07) is 9.64. The Balaban J connectivity index is 1.48. The number of carbonyl (C=O) groups excluding carboxylic acids is 2. The second-order valence-electron chi connectivity index (χ2n) is 6.80. The van der Waals surface area contributed by atoms with Crippen LogP contribution >= 0.6 is 0 Å². The van der Waals surface area contributed by atoms with Crippen molar-refractivity contribution in [3.63, 3.8) is 0 Å². The molecule has 3 aliphatic rings. The Morgan fingerprint density at radius 3 is 2.92 bits per heavy atom. The molecule has 5 rings (SSSR count). The number of hydrogen-bond donors (Lipinski definition) is 1. The summed E-state index contributed by atoms with van der Waals surface area (Å²) in [5.41, 5.74) is 0.908. The monoisotopic (exact) mass is 338 g/mol. The summed E-state index contributed by atoms with van der Waals surface area (Å²) in [7, 11) is 0. The maximum Gasteiger partial charge on any atom is 0.257 e. The van der Waals surface area contributed by atoms with Gasteiger partial charge < -0.3 is 14.5 Å². The third kappa shape index (κ3) is 1.93. The van der Waals surface area contributed by atoms with Crippen LogP contribution in [0.3, 0.4) is 0 Å². The third-order valence-corrected chi connectivity index (χ3v) is 5.65. The van der Waals surface area contributed by atoms with Crippen molar-refractivity contribution in [3.8, 4) is 0 Å². The zero-order valence-electron chi connectivity index (χ0n) is 13.6. The van der Waals surface area contributed by atoms with E-state index in [4.69, 9.17) is 4.74 Å². The number of nitrogens with zero attached hydrogens (tertiary/aromatic N) is 3. The standard InChI is InChI=1S/C18H18N4O3/c23-16-8-15-18(6-7-21(15)17(24)13-9-19-20-10-13)22(16)14(11-25-18)12-4-2-1-3-5-12/h1-5,9-10,14-15H,6-8,11H2,(H,19,20)/t14-,15+,18-/m0/s1. The van der Waals surface area contributed by atoms with Crippen LogP contribution in [0, 0.1) is 0 Å². The van der Waals surface area contributed by atoms with Gasteiger partial charge in [-0.15, -0.1) is 0 Å². The minimum atomic E-state index is -0.684. The Morgan fingerprint density at radius 1 is 1.32 bits per heavy atom. The summed E-state index contributed by atoms with van der Waals surface area (Å²) >= 11 is 0. The fraction of sp³-hybridized carbons (Fsp3) is 0.389. The van der Waals surface area contributed by atoms with E-state index in [0.717, 1.165) is 5.56 Å². The zero-order valence-corrected chi connectivity index (χ0v) is 13.6. The van der Waals surface area contributed by atoms with Gasteiger partial charge in [0.25, 0.3) is 5.91 Å². The van der Waals surface area contributed by atoms with E-state index in [2.05, 4.69) is 10.2 Å². The molecule has 25 heavy (non-hydrogen) atoms. The van der Waals surface area contributed by atoms with Crippen LogP contribution in [0.4, 0.5) is 0 Å². The molecule has 0 unspecified atom stereocenters. The summed E-state index contributed by atoms with van der Waals surface area (Å²) in [4.78, 5) is 29.2. The van der Waals surface area contributed by atoms with E-state index < -0.39 is 5.72 Å². The maximum atomic E-state index is 12.8. The van der Waals surface area contributed by atoms with Crippen LogP contribution in [0.1, 0.15) is 34.8 Å². The first-order chi connectivity index (χ1) is 12.2. The molecule has 0 aliphatic carbocycles. The zero-order chi connectivity index (χ0) is 17.0. The Kier molecular flexibility index (Phi) is 3.03. The van der Waals surface area contributed by atoms with E-state index in [1.165, 1.54) is 6.20 Å². The average Bonchev–Trinajstić information content (AvgIpc) is 3.38. The number of aromatic amines is 1. The van der Waals surface area contributed by atoms with Crippen LogP contribution in [0.5, 0.6) is 0 Å². The van der Waals surface area contributed by atoms with E-state index in [1.54, 1.807) is 11.1 Å². The predicted molar refractivity (Wildman–Crippen MR) is 87.4 cm³/mol. The lowest BCUT2D eigenvalue weighted by Gasteiger charge is -2.33. The molecule has 4 heterocycles. The second kappa shape index (κ2) is 5.16. The molecule has 1 aromatic carbocycles. The first-order valence-corrected chi connectivity index (χ1v) is 8.51. The molecule has 2 amide bonds. The number of aromatic nitrogens is 2. The van der Waals surface area contributed by atoms with Crippen molar-refractivity contribution in [2.24, 2.45) is 0 Å². The predicted octanol–water partition coefficient (Wildman–Crippen LogP) is 1.32. The van der Waals surface area contributed by atoms with Gasteiger partial charge in [0.15, 0.2) is 5.72 Å². The molecule has 1 spiro atoms. The number of rotatable bonds is 2. The molecule has 7 heteroatoms. The maximum absolute atomic E-state index is 12.8. The number of H-pyrrole nitrogens is 1. The van der Waals surface area contributed by atoms with Crippen LogP contribution in [0.2, 0.25) is 0 Å². The highest BCUT2D eigenvalue weighted by molar-refractivity contribution is 5.95. The molecule has 1 aromatic heterocycles. The molecule has 2 aromatic rings. The SMILES string of the molecule is O=C(c1cn[nH]c1)N1CC[C@@]23OC[C@@H](c4ccccc4)N2C(=O)C[C@@H]13. The molecule has 128 valence electrons. The summed E-state index contributed by atoms with van der Waals surface area (Å²) < 4.78 is 6.21. The molecule has 7 nitrogen and oxygen atoms in total. The molecule has 3 fully saturated rings. The van der Waals surface area contributed by atoms with Crippen LogP contribution in [0.15, 0.2) is 42.7 Å². The van der Waals surface area contributed by atoms with Crippen LogP contribution in [-0.2, 0) is 9.53 Å². The van der Waals surface area contributed by atoms with Gasteiger partial charge in [-0.1, -0.05) is 30.3 Å². The highest BCUT2D eigenvalue weighted by Gasteiger charge is 2.65. The molecule has 0 radical (unpaired) electrons. The van der Waals surface area contributed by atoms with E-state index in [-0.39, 0.29) is 23.9 Å². The van der Waals surface area contributed by atoms with Crippen molar-refractivity contribution in [1.82, 2.24) is 20.0 Å². The van der Waals surface area contributed by atoms with Crippen molar-refractivity contribution in [1.29, 1.82) is 0 Å². The Labute approximate surface area is 144 Å². The van der Waals surface area contributed by atoms with Gasteiger partial charge in [0.2, 0.25) is 5.91 Å². The van der Waals surface area contributed by atoms with E-state index in [1.807, 2.05) is 35.2 Å².